The number of carbonyl (C=O) groups is 3. The van der Waals surface area contributed by atoms with Gasteiger partial charge in [0.05, 0.1) is 7.11 Å². The number of carbonyl (C=O) groups excluding carboxylic acids is 3. The molecule has 1 heterocycles. The number of esters is 3. The number of ether oxygens (including phenoxy) is 3. The second-order valence-electron chi connectivity index (χ2n) is 5.86. The van der Waals surface area contributed by atoms with Gasteiger partial charge in [-0.1, -0.05) is 37.3 Å². The van der Waals surface area contributed by atoms with Crippen LogP contribution in [-0.2, 0) is 34.0 Å². The lowest BCUT2D eigenvalue weighted by Crippen LogP contribution is -2.57. The van der Waals surface area contributed by atoms with Crippen molar-refractivity contribution in [2.75, 3.05) is 7.11 Å². The van der Waals surface area contributed by atoms with E-state index >= 15 is 0 Å². The normalized spacial score (nSPS) is 20.2. The molecule has 0 spiro atoms. The molecule has 2 rings (SSSR count). The van der Waals surface area contributed by atoms with E-state index in [1.54, 1.807) is 37.3 Å². The van der Waals surface area contributed by atoms with Crippen LogP contribution in [-0.4, -0.2) is 30.8 Å². The standard InChI is InChI=1S/C17H20O6/c1-5-17(15(20)21-4,11-9-7-6-8-10-11)12-13(18)22-16(2,3)23-14(12)19/h6-10,12H,5H2,1-4H3/t17-/m1/s1. The van der Waals surface area contributed by atoms with Crippen LogP contribution in [0.3, 0.4) is 0 Å². The average molecular weight is 320 g/mol. The molecule has 1 saturated heterocycles. The highest BCUT2D eigenvalue weighted by Crippen LogP contribution is 2.42. The molecule has 124 valence electrons. The number of cyclic esters (lactones) is 2. The first-order valence-corrected chi connectivity index (χ1v) is 7.38. The summed E-state index contributed by atoms with van der Waals surface area (Å²) >= 11 is 0. The first-order chi connectivity index (χ1) is 10.8. The largest absolute Gasteiger partial charge is 0.468 e. The molecule has 0 radical (unpaired) electrons. The molecule has 1 aliphatic heterocycles. The minimum atomic E-state index is -1.49. The fraction of sp³-hybridized carbons (Fsp3) is 0.471. The molecule has 0 N–H and O–H groups in total. The van der Waals surface area contributed by atoms with Gasteiger partial charge in [0, 0.05) is 13.8 Å². The summed E-state index contributed by atoms with van der Waals surface area (Å²) in [6, 6.07) is 8.60. The van der Waals surface area contributed by atoms with E-state index < -0.39 is 35.0 Å². The number of rotatable bonds is 4. The Morgan fingerprint density at radius 3 is 2.13 bits per heavy atom. The Morgan fingerprint density at radius 2 is 1.70 bits per heavy atom. The van der Waals surface area contributed by atoms with Crippen LogP contribution in [0.15, 0.2) is 30.3 Å². The smallest absolute Gasteiger partial charge is 0.325 e. The molecule has 0 unspecified atom stereocenters. The first-order valence-electron chi connectivity index (χ1n) is 7.38. The Hall–Kier alpha value is -2.37. The molecule has 0 saturated carbocycles. The number of hydrogen-bond acceptors (Lipinski definition) is 6. The summed E-state index contributed by atoms with van der Waals surface area (Å²) in [5.74, 6) is -5.01. The minimum absolute atomic E-state index is 0.180. The zero-order valence-corrected chi connectivity index (χ0v) is 13.6. The predicted molar refractivity (Wildman–Crippen MR) is 80.2 cm³/mol. The summed E-state index contributed by atoms with van der Waals surface area (Å²) in [6.45, 7) is 4.64. The highest BCUT2D eigenvalue weighted by molar-refractivity contribution is 6.04. The molecule has 1 aromatic rings. The number of benzene rings is 1. The molecule has 1 fully saturated rings. The van der Waals surface area contributed by atoms with Gasteiger partial charge in [-0.2, -0.15) is 0 Å². The van der Waals surface area contributed by atoms with E-state index in [9.17, 15) is 14.4 Å². The van der Waals surface area contributed by atoms with E-state index in [0.29, 0.717) is 5.56 Å². The maximum Gasteiger partial charge on any atom is 0.325 e. The summed E-state index contributed by atoms with van der Waals surface area (Å²) in [5.41, 5.74) is -0.978. The summed E-state index contributed by atoms with van der Waals surface area (Å²) in [6.07, 6.45) is 0.180. The Kier molecular flexibility index (Phi) is 4.45. The Labute approximate surface area is 134 Å². The highest BCUT2D eigenvalue weighted by Gasteiger charge is 2.59. The van der Waals surface area contributed by atoms with Crippen LogP contribution in [0.25, 0.3) is 0 Å². The lowest BCUT2D eigenvalue weighted by Gasteiger charge is -2.41. The van der Waals surface area contributed by atoms with Gasteiger partial charge in [0.2, 0.25) is 0 Å². The molecule has 1 aliphatic rings. The third-order valence-electron chi connectivity index (χ3n) is 4.05. The van der Waals surface area contributed by atoms with Crippen LogP contribution < -0.4 is 0 Å². The lowest BCUT2D eigenvalue weighted by atomic mass is 9.67. The Morgan fingerprint density at radius 1 is 1.17 bits per heavy atom. The first kappa shape index (κ1) is 17.0. The molecule has 0 amide bonds. The second kappa shape index (κ2) is 6.02. The van der Waals surface area contributed by atoms with Crippen molar-refractivity contribution in [2.45, 2.75) is 38.4 Å². The summed E-state index contributed by atoms with van der Waals surface area (Å²) in [7, 11) is 1.22. The van der Waals surface area contributed by atoms with Crippen molar-refractivity contribution in [3.63, 3.8) is 0 Å². The van der Waals surface area contributed by atoms with E-state index in [-0.39, 0.29) is 6.42 Å². The monoisotopic (exact) mass is 320 g/mol. The minimum Gasteiger partial charge on any atom is -0.468 e. The molecular formula is C17H20O6. The van der Waals surface area contributed by atoms with Crippen molar-refractivity contribution < 1.29 is 28.6 Å². The molecule has 0 aromatic heterocycles. The van der Waals surface area contributed by atoms with Gasteiger partial charge in [-0.25, -0.2) is 0 Å². The van der Waals surface area contributed by atoms with Crippen LogP contribution in [0.5, 0.6) is 0 Å². The molecule has 6 heteroatoms. The molecule has 6 nitrogen and oxygen atoms in total. The summed E-state index contributed by atoms with van der Waals surface area (Å²) in [5, 5.41) is 0. The van der Waals surface area contributed by atoms with Crippen LogP contribution in [0, 0.1) is 5.92 Å². The summed E-state index contributed by atoms with van der Waals surface area (Å²) < 4.78 is 15.3. The maximum atomic E-state index is 12.6. The third-order valence-corrected chi connectivity index (χ3v) is 4.05. The van der Waals surface area contributed by atoms with Crippen molar-refractivity contribution in [3.8, 4) is 0 Å². The Balaban J connectivity index is 2.61. The van der Waals surface area contributed by atoms with Gasteiger partial charge >= 0.3 is 17.9 Å². The van der Waals surface area contributed by atoms with Crippen LogP contribution in [0.4, 0.5) is 0 Å². The van der Waals surface area contributed by atoms with E-state index in [0.717, 1.165) is 0 Å². The Bertz CT molecular complexity index is 601. The zero-order valence-electron chi connectivity index (χ0n) is 13.6. The highest BCUT2D eigenvalue weighted by atomic mass is 16.7. The third kappa shape index (κ3) is 2.81. The SMILES string of the molecule is CC[C@@](C(=O)OC)(c1ccccc1)C1C(=O)OC(C)(C)OC1=O. The topological polar surface area (TPSA) is 78.9 Å². The fourth-order valence-electron chi connectivity index (χ4n) is 2.99. The van der Waals surface area contributed by atoms with E-state index in [4.69, 9.17) is 14.2 Å². The molecule has 1 aromatic carbocycles. The van der Waals surface area contributed by atoms with Crippen molar-refractivity contribution in [1.82, 2.24) is 0 Å². The van der Waals surface area contributed by atoms with Gasteiger partial charge in [0.1, 0.15) is 5.41 Å². The van der Waals surface area contributed by atoms with Gasteiger partial charge < -0.3 is 14.2 Å². The number of hydrogen-bond donors (Lipinski definition) is 0. The van der Waals surface area contributed by atoms with Crippen molar-refractivity contribution >= 4 is 17.9 Å². The average Bonchev–Trinajstić information content (AvgIpc) is 2.50. The zero-order chi connectivity index (χ0) is 17.3. The van der Waals surface area contributed by atoms with Crippen molar-refractivity contribution in [1.29, 1.82) is 0 Å². The predicted octanol–water partition coefficient (Wildman–Crippen LogP) is 1.96. The fourth-order valence-corrected chi connectivity index (χ4v) is 2.99. The van der Waals surface area contributed by atoms with E-state index in [1.807, 2.05) is 0 Å². The van der Waals surface area contributed by atoms with Gasteiger partial charge in [-0.3, -0.25) is 14.4 Å². The molecular weight excluding hydrogens is 300 g/mol. The van der Waals surface area contributed by atoms with Gasteiger partial charge in [0.15, 0.2) is 5.92 Å². The maximum absolute atomic E-state index is 12.6. The molecule has 0 aliphatic carbocycles. The molecule has 23 heavy (non-hydrogen) atoms. The second-order valence-corrected chi connectivity index (χ2v) is 5.86. The lowest BCUT2D eigenvalue weighted by molar-refractivity contribution is -0.244. The molecule has 0 bridgehead atoms. The molecule has 1 atom stereocenters. The van der Waals surface area contributed by atoms with Gasteiger partial charge in [-0.15, -0.1) is 0 Å². The quantitative estimate of drug-likeness (QED) is 0.623. The number of methoxy groups -OCH3 is 1. The van der Waals surface area contributed by atoms with Crippen molar-refractivity contribution in [2.24, 2.45) is 5.92 Å². The van der Waals surface area contributed by atoms with Crippen LogP contribution in [0.1, 0.15) is 32.8 Å². The van der Waals surface area contributed by atoms with E-state index in [2.05, 4.69) is 0 Å². The van der Waals surface area contributed by atoms with Gasteiger partial charge in [0.25, 0.3) is 5.79 Å². The van der Waals surface area contributed by atoms with Crippen LogP contribution >= 0.6 is 0 Å². The van der Waals surface area contributed by atoms with E-state index in [1.165, 1.54) is 21.0 Å². The van der Waals surface area contributed by atoms with Crippen molar-refractivity contribution in [3.05, 3.63) is 35.9 Å². The summed E-state index contributed by atoms with van der Waals surface area (Å²) in [4.78, 5) is 37.6. The van der Waals surface area contributed by atoms with Crippen LogP contribution in [0.2, 0.25) is 0 Å². The van der Waals surface area contributed by atoms with Gasteiger partial charge in [-0.05, 0) is 12.0 Å².